The Morgan fingerprint density at radius 3 is 2.69 bits per heavy atom. The molecule has 2 aromatic heterocycles. The van der Waals surface area contributed by atoms with Crippen molar-refractivity contribution < 1.29 is 9.53 Å². The Morgan fingerprint density at radius 2 is 1.94 bits per heavy atom. The Morgan fingerprint density at radius 1 is 1.16 bits per heavy atom. The first-order valence-electron chi connectivity index (χ1n) is 11.2. The van der Waals surface area contributed by atoms with Gasteiger partial charge in [-0.05, 0) is 50.3 Å². The minimum absolute atomic E-state index is 0.0666. The number of hydrogen-bond donors (Lipinski definition) is 1. The number of benzene rings is 1. The van der Waals surface area contributed by atoms with E-state index in [1.807, 2.05) is 50.1 Å². The van der Waals surface area contributed by atoms with Crippen LogP contribution in [-0.4, -0.2) is 26.7 Å². The number of fused-ring (bicyclic) bond motifs is 3. The molecule has 0 bridgehead atoms. The van der Waals surface area contributed by atoms with E-state index in [1.54, 1.807) is 0 Å². The molecule has 6 nitrogen and oxygen atoms in total. The third-order valence-corrected chi connectivity index (χ3v) is 6.73. The maximum atomic E-state index is 13.7. The Labute approximate surface area is 188 Å². The Balaban J connectivity index is 1.83. The highest BCUT2D eigenvalue weighted by atomic mass is 16.5. The fourth-order valence-electron chi connectivity index (χ4n) is 5.43. The largest absolute Gasteiger partial charge is 0.491 e. The number of hydrogen-bond acceptors (Lipinski definition) is 5. The maximum absolute atomic E-state index is 13.7. The van der Waals surface area contributed by atoms with Crippen LogP contribution in [0.3, 0.4) is 0 Å². The summed E-state index contributed by atoms with van der Waals surface area (Å²) in [6, 6.07) is 8.14. The predicted octanol–water partition coefficient (Wildman–Crippen LogP) is 5.13. The van der Waals surface area contributed by atoms with Gasteiger partial charge in [-0.1, -0.05) is 26.0 Å². The minimum atomic E-state index is -0.671. The number of nitrogens with zero attached hydrogens (tertiary/aromatic N) is 3. The van der Waals surface area contributed by atoms with Crippen molar-refractivity contribution in [1.29, 1.82) is 0 Å². The summed E-state index contributed by atoms with van der Waals surface area (Å²) in [7, 11) is 1.92. The summed E-state index contributed by atoms with van der Waals surface area (Å²) in [5.74, 6) is 1.79. The van der Waals surface area contributed by atoms with Gasteiger partial charge in [-0.2, -0.15) is 5.10 Å². The number of allylic oxidation sites excluding steroid dienone is 2. The lowest BCUT2D eigenvalue weighted by atomic mass is 9.61. The SMILES string of the molecule is CC(C)Oc1cccc([C@@]2(C)C3=C(CC(C)(C)CC3=O)Nc3ncc4c(cnn4C)c32)c1. The minimum Gasteiger partial charge on any atom is -0.491 e. The van der Waals surface area contributed by atoms with Gasteiger partial charge in [-0.25, -0.2) is 4.98 Å². The maximum Gasteiger partial charge on any atom is 0.162 e. The van der Waals surface area contributed by atoms with Crippen molar-refractivity contribution in [3.05, 3.63) is 59.1 Å². The number of nitrogens with one attached hydrogen (secondary N) is 1. The Hall–Kier alpha value is -3.15. The van der Waals surface area contributed by atoms with Crippen LogP contribution in [0.4, 0.5) is 5.82 Å². The molecule has 0 saturated carbocycles. The van der Waals surface area contributed by atoms with Crippen LogP contribution in [-0.2, 0) is 17.3 Å². The molecule has 0 radical (unpaired) electrons. The first-order chi connectivity index (χ1) is 15.1. The Kier molecular flexibility index (Phi) is 4.49. The fraction of sp³-hybridized carbons (Fsp3) is 0.423. The highest BCUT2D eigenvalue weighted by Crippen LogP contribution is 2.53. The molecular weight excluding hydrogens is 400 g/mol. The molecule has 0 spiro atoms. The van der Waals surface area contributed by atoms with Gasteiger partial charge in [0.05, 0.1) is 29.4 Å². The summed E-state index contributed by atoms with van der Waals surface area (Å²) in [4.78, 5) is 18.5. The van der Waals surface area contributed by atoms with Crippen LogP contribution in [0, 0.1) is 5.41 Å². The average Bonchev–Trinajstić information content (AvgIpc) is 3.07. The van der Waals surface area contributed by atoms with E-state index in [-0.39, 0.29) is 17.3 Å². The number of anilines is 1. The molecule has 0 unspecified atom stereocenters. The standard InChI is InChI=1S/C26H30N4O2/c1-15(2)32-17-9-7-8-16(10-17)26(5)22-18-13-28-30(6)20(18)14-27-24(22)29-19-11-25(3,4)12-21(31)23(19)26/h7-10,13-15H,11-12H2,1-6H3,(H,27,29)/t26-/m1/s1. The van der Waals surface area contributed by atoms with Gasteiger partial charge in [0, 0.05) is 35.7 Å². The fourth-order valence-corrected chi connectivity index (χ4v) is 5.43. The van der Waals surface area contributed by atoms with E-state index in [4.69, 9.17) is 9.72 Å². The molecular formula is C26H30N4O2. The lowest BCUT2D eigenvalue weighted by Gasteiger charge is -2.44. The van der Waals surface area contributed by atoms with Gasteiger partial charge in [0.2, 0.25) is 0 Å². The van der Waals surface area contributed by atoms with E-state index in [1.165, 1.54) is 0 Å². The summed E-state index contributed by atoms with van der Waals surface area (Å²) >= 11 is 0. The highest BCUT2D eigenvalue weighted by Gasteiger charge is 2.49. The third kappa shape index (κ3) is 3.04. The molecule has 0 saturated heterocycles. The van der Waals surface area contributed by atoms with Gasteiger partial charge >= 0.3 is 0 Å². The van der Waals surface area contributed by atoms with Gasteiger partial charge < -0.3 is 10.1 Å². The van der Waals surface area contributed by atoms with E-state index in [2.05, 4.69) is 43.3 Å². The molecule has 1 N–H and O–H groups in total. The van der Waals surface area contributed by atoms with Crippen LogP contribution in [0.5, 0.6) is 5.75 Å². The second kappa shape index (κ2) is 6.92. The second-order valence-electron chi connectivity index (χ2n) is 10.3. The summed E-state index contributed by atoms with van der Waals surface area (Å²) < 4.78 is 7.85. The zero-order valence-electron chi connectivity index (χ0n) is 19.6. The number of aromatic nitrogens is 3. The van der Waals surface area contributed by atoms with Crippen LogP contribution in [0.1, 0.15) is 58.6 Å². The molecule has 5 rings (SSSR count). The highest BCUT2D eigenvalue weighted by molar-refractivity contribution is 6.05. The molecule has 0 fully saturated rings. The van der Waals surface area contributed by atoms with Crippen LogP contribution in [0.2, 0.25) is 0 Å². The normalized spacial score (nSPS) is 22.0. The average molecular weight is 431 g/mol. The van der Waals surface area contributed by atoms with E-state index in [0.717, 1.165) is 51.3 Å². The summed E-state index contributed by atoms with van der Waals surface area (Å²) in [5.41, 5.74) is 4.02. The molecule has 166 valence electrons. The quantitative estimate of drug-likeness (QED) is 0.624. The van der Waals surface area contributed by atoms with Gasteiger partial charge in [-0.15, -0.1) is 0 Å². The molecule has 0 amide bonds. The summed E-state index contributed by atoms with van der Waals surface area (Å²) in [6.07, 6.45) is 5.13. The molecule has 1 aromatic carbocycles. The number of pyridine rings is 1. The number of ether oxygens (including phenoxy) is 1. The zero-order valence-corrected chi connectivity index (χ0v) is 19.6. The van der Waals surface area contributed by atoms with E-state index < -0.39 is 5.41 Å². The van der Waals surface area contributed by atoms with Crippen LogP contribution >= 0.6 is 0 Å². The first kappa shape index (κ1) is 20.7. The van der Waals surface area contributed by atoms with Crippen molar-refractivity contribution in [2.24, 2.45) is 12.5 Å². The number of rotatable bonds is 3. The van der Waals surface area contributed by atoms with Gasteiger partial charge in [0.25, 0.3) is 0 Å². The molecule has 1 aliphatic carbocycles. The van der Waals surface area contributed by atoms with E-state index >= 15 is 0 Å². The summed E-state index contributed by atoms with van der Waals surface area (Å²) in [5, 5.41) is 9.03. The molecule has 1 aliphatic heterocycles. The van der Waals surface area contributed by atoms with Crippen molar-refractivity contribution in [2.45, 2.75) is 59.0 Å². The first-order valence-corrected chi connectivity index (χ1v) is 11.2. The molecule has 1 atom stereocenters. The topological polar surface area (TPSA) is 69.0 Å². The number of carbonyl (C=O) groups excluding carboxylic acids is 1. The van der Waals surface area contributed by atoms with Crippen molar-refractivity contribution in [3.63, 3.8) is 0 Å². The second-order valence-corrected chi connectivity index (χ2v) is 10.3. The Bertz CT molecular complexity index is 1280. The molecule has 32 heavy (non-hydrogen) atoms. The van der Waals surface area contributed by atoms with Gasteiger partial charge in [-0.3, -0.25) is 9.48 Å². The van der Waals surface area contributed by atoms with Crippen molar-refractivity contribution >= 4 is 22.5 Å². The van der Waals surface area contributed by atoms with Crippen LogP contribution < -0.4 is 10.1 Å². The lowest BCUT2D eigenvalue weighted by Crippen LogP contribution is -2.42. The van der Waals surface area contributed by atoms with E-state index in [0.29, 0.717) is 6.42 Å². The number of aryl methyl sites for hydroxylation is 1. The van der Waals surface area contributed by atoms with Crippen LogP contribution in [0.25, 0.3) is 10.9 Å². The third-order valence-electron chi connectivity index (χ3n) is 6.73. The van der Waals surface area contributed by atoms with Crippen molar-refractivity contribution in [2.75, 3.05) is 5.32 Å². The van der Waals surface area contributed by atoms with Crippen molar-refractivity contribution in [1.82, 2.24) is 14.8 Å². The molecule has 6 heteroatoms. The smallest absolute Gasteiger partial charge is 0.162 e. The van der Waals surface area contributed by atoms with Gasteiger partial charge in [0.15, 0.2) is 5.78 Å². The summed E-state index contributed by atoms with van der Waals surface area (Å²) in [6.45, 7) is 10.5. The van der Waals surface area contributed by atoms with E-state index in [9.17, 15) is 4.79 Å². The van der Waals surface area contributed by atoms with Gasteiger partial charge in [0.1, 0.15) is 11.6 Å². The molecule has 2 aliphatic rings. The number of ketones is 1. The molecule has 3 aromatic rings. The van der Waals surface area contributed by atoms with Crippen molar-refractivity contribution in [3.8, 4) is 5.75 Å². The van der Waals surface area contributed by atoms with Crippen LogP contribution in [0.15, 0.2) is 47.9 Å². The number of carbonyl (C=O) groups is 1. The lowest BCUT2D eigenvalue weighted by molar-refractivity contribution is -0.118. The molecule has 3 heterocycles. The number of Topliss-reactive ketones (excluding diaryl/α,β-unsaturated/α-hetero) is 1. The zero-order chi connectivity index (χ0) is 22.8. The predicted molar refractivity (Wildman–Crippen MR) is 126 cm³/mol. The monoisotopic (exact) mass is 430 g/mol.